The van der Waals surface area contributed by atoms with Crippen LogP contribution < -0.4 is 9.62 Å². The molecular formula is C25H24N4O3S2. The van der Waals surface area contributed by atoms with Crippen molar-refractivity contribution in [2.24, 2.45) is 0 Å². The van der Waals surface area contributed by atoms with E-state index in [-0.39, 0.29) is 12.5 Å². The second-order valence-corrected chi connectivity index (χ2v) is 10.8. The van der Waals surface area contributed by atoms with E-state index < -0.39 is 10.0 Å². The summed E-state index contributed by atoms with van der Waals surface area (Å²) in [6, 6.07) is 22.2. The van der Waals surface area contributed by atoms with Crippen LogP contribution in [0, 0.1) is 13.8 Å². The zero-order chi connectivity index (χ0) is 24.3. The van der Waals surface area contributed by atoms with Crippen LogP contribution >= 0.6 is 11.3 Å². The van der Waals surface area contributed by atoms with Gasteiger partial charge in [0.25, 0.3) is 5.91 Å². The normalized spacial score (nSPS) is 11.3. The predicted octanol–water partition coefficient (Wildman–Crippen LogP) is 5.04. The van der Waals surface area contributed by atoms with Crippen LogP contribution in [0.5, 0.6) is 0 Å². The van der Waals surface area contributed by atoms with Gasteiger partial charge in [0.1, 0.15) is 5.01 Å². The van der Waals surface area contributed by atoms with Gasteiger partial charge < -0.3 is 0 Å². The predicted molar refractivity (Wildman–Crippen MR) is 137 cm³/mol. The topological polar surface area (TPSA) is 92.3 Å². The van der Waals surface area contributed by atoms with E-state index in [9.17, 15) is 13.2 Å². The van der Waals surface area contributed by atoms with Crippen LogP contribution in [0.2, 0.25) is 0 Å². The molecule has 3 aromatic carbocycles. The fourth-order valence-corrected chi connectivity index (χ4v) is 5.38. The number of hydrogen-bond donors (Lipinski definition) is 1. The Morgan fingerprint density at radius 1 is 0.912 bits per heavy atom. The molecule has 7 nitrogen and oxygen atoms in total. The zero-order valence-corrected chi connectivity index (χ0v) is 20.7. The molecule has 9 heteroatoms. The summed E-state index contributed by atoms with van der Waals surface area (Å²) in [5, 5.41) is 12.1. The standard InChI is InChI=1S/C25H24N4O3S2/c1-17-8-7-9-18(2)22(17)29(34(3,31)32)16-19-12-14-20(15-13-19)23(30)26-25-28-27-24(33-25)21-10-5-4-6-11-21/h4-15H,16H2,1-3H3,(H,26,28,30). The molecule has 0 atom stereocenters. The van der Waals surface area contributed by atoms with Crippen LogP contribution in [0.3, 0.4) is 0 Å². The number of carbonyl (C=O) groups is 1. The smallest absolute Gasteiger partial charge is 0.257 e. The van der Waals surface area contributed by atoms with Crippen molar-refractivity contribution in [3.8, 4) is 10.6 Å². The van der Waals surface area contributed by atoms with Gasteiger partial charge in [-0.3, -0.25) is 14.4 Å². The minimum atomic E-state index is -3.51. The maximum absolute atomic E-state index is 12.7. The van der Waals surface area contributed by atoms with Gasteiger partial charge in [0.2, 0.25) is 15.2 Å². The Morgan fingerprint density at radius 3 is 2.18 bits per heavy atom. The van der Waals surface area contributed by atoms with Crippen molar-refractivity contribution >= 4 is 38.1 Å². The number of anilines is 2. The van der Waals surface area contributed by atoms with E-state index in [0.29, 0.717) is 16.4 Å². The lowest BCUT2D eigenvalue weighted by Gasteiger charge is -2.26. The summed E-state index contributed by atoms with van der Waals surface area (Å²) >= 11 is 1.30. The van der Waals surface area contributed by atoms with E-state index in [2.05, 4.69) is 15.5 Å². The molecule has 0 unspecified atom stereocenters. The van der Waals surface area contributed by atoms with Crippen molar-refractivity contribution in [3.05, 3.63) is 95.1 Å². The molecule has 0 spiro atoms. The lowest BCUT2D eigenvalue weighted by Crippen LogP contribution is -2.30. The molecule has 174 valence electrons. The largest absolute Gasteiger partial charge is 0.296 e. The summed E-state index contributed by atoms with van der Waals surface area (Å²) in [6.07, 6.45) is 1.20. The fraction of sp³-hybridized carbons (Fsp3) is 0.160. The lowest BCUT2D eigenvalue weighted by atomic mass is 10.1. The van der Waals surface area contributed by atoms with Crippen LogP contribution in [0.25, 0.3) is 10.6 Å². The van der Waals surface area contributed by atoms with Gasteiger partial charge in [-0.2, -0.15) is 0 Å². The second-order valence-electron chi connectivity index (χ2n) is 7.94. The summed E-state index contributed by atoms with van der Waals surface area (Å²) in [6.45, 7) is 3.96. The minimum Gasteiger partial charge on any atom is -0.296 e. The quantitative estimate of drug-likeness (QED) is 0.390. The maximum atomic E-state index is 12.7. The number of para-hydroxylation sites is 1. The Bertz CT molecular complexity index is 1400. The Kier molecular flexibility index (Phi) is 6.76. The molecule has 0 saturated heterocycles. The average molecular weight is 493 g/mol. The van der Waals surface area contributed by atoms with Gasteiger partial charge in [-0.15, -0.1) is 10.2 Å². The van der Waals surface area contributed by atoms with E-state index in [1.165, 1.54) is 21.9 Å². The molecular weight excluding hydrogens is 468 g/mol. The second kappa shape index (κ2) is 9.74. The summed E-state index contributed by atoms with van der Waals surface area (Å²) in [5.74, 6) is -0.308. The van der Waals surface area contributed by atoms with Crippen LogP contribution in [-0.4, -0.2) is 30.8 Å². The number of benzene rings is 3. The first-order valence-electron chi connectivity index (χ1n) is 10.6. The van der Waals surface area contributed by atoms with Gasteiger partial charge >= 0.3 is 0 Å². The number of hydrogen-bond acceptors (Lipinski definition) is 6. The van der Waals surface area contributed by atoms with E-state index in [0.717, 1.165) is 27.3 Å². The Balaban J connectivity index is 1.49. The number of aromatic nitrogens is 2. The van der Waals surface area contributed by atoms with Crippen LogP contribution in [-0.2, 0) is 16.6 Å². The number of rotatable bonds is 7. The number of carbonyl (C=O) groups excluding carboxylic acids is 1. The van der Waals surface area contributed by atoms with Crippen molar-refractivity contribution in [2.75, 3.05) is 15.9 Å². The van der Waals surface area contributed by atoms with Crippen molar-refractivity contribution in [1.29, 1.82) is 0 Å². The first-order chi connectivity index (χ1) is 16.2. The van der Waals surface area contributed by atoms with E-state index in [1.807, 2.05) is 62.4 Å². The maximum Gasteiger partial charge on any atom is 0.257 e. The SMILES string of the molecule is Cc1cccc(C)c1N(Cc1ccc(C(=O)Nc2nnc(-c3ccccc3)s2)cc1)S(C)(=O)=O. The van der Waals surface area contributed by atoms with E-state index >= 15 is 0 Å². The monoisotopic (exact) mass is 492 g/mol. The van der Waals surface area contributed by atoms with Crippen molar-refractivity contribution in [3.63, 3.8) is 0 Å². The van der Waals surface area contributed by atoms with Gasteiger partial charge in [-0.05, 0) is 42.7 Å². The van der Waals surface area contributed by atoms with Gasteiger partial charge in [-0.1, -0.05) is 72.0 Å². The first kappa shape index (κ1) is 23.6. The highest BCUT2D eigenvalue weighted by Crippen LogP contribution is 2.29. The summed E-state index contributed by atoms with van der Waals surface area (Å²) in [5.41, 5.74) is 4.59. The Labute approximate surface area is 203 Å². The Morgan fingerprint density at radius 2 is 1.56 bits per heavy atom. The lowest BCUT2D eigenvalue weighted by molar-refractivity contribution is 0.102. The summed E-state index contributed by atoms with van der Waals surface area (Å²) in [4.78, 5) is 12.7. The zero-order valence-electron chi connectivity index (χ0n) is 19.0. The van der Waals surface area contributed by atoms with Gasteiger partial charge in [0, 0.05) is 11.1 Å². The molecule has 0 aliphatic rings. The molecule has 1 heterocycles. The average Bonchev–Trinajstić information content (AvgIpc) is 3.27. The minimum absolute atomic E-state index is 0.170. The first-order valence-corrected chi connectivity index (χ1v) is 13.2. The number of sulfonamides is 1. The van der Waals surface area contributed by atoms with Gasteiger partial charge in [0.15, 0.2) is 0 Å². The highest BCUT2D eigenvalue weighted by molar-refractivity contribution is 7.92. The molecule has 4 rings (SSSR count). The molecule has 0 bridgehead atoms. The van der Waals surface area contributed by atoms with Crippen molar-refractivity contribution in [2.45, 2.75) is 20.4 Å². The number of nitrogens with zero attached hydrogens (tertiary/aromatic N) is 3. The highest BCUT2D eigenvalue weighted by Gasteiger charge is 2.21. The van der Waals surface area contributed by atoms with E-state index in [1.54, 1.807) is 24.3 Å². The van der Waals surface area contributed by atoms with Crippen LogP contribution in [0.15, 0.2) is 72.8 Å². The molecule has 0 radical (unpaired) electrons. The van der Waals surface area contributed by atoms with Crippen molar-refractivity contribution in [1.82, 2.24) is 10.2 Å². The van der Waals surface area contributed by atoms with Crippen molar-refractivity contribution < 1.29 is 13.2 Å². The van der Waals surface area contributed by atoms with E-state index in [4.69, 9.17) is 0 Å². The van der Waals surface area contributed by atoms with Gasteiger partial charge in [-0.25, -0.2) is 8.42 Å². The molecule has 1 amide bonds. The molecule has 34 heavy (non-hydrogen) atoms. The number of amides is 1. The Hall–Kier alpha value is -3.56. The fourth-order valence-electron chi connectivity index (χ4n) is 3.63. The molecule has 4 aromatic rings. The van der Waals surface area contributed by atoms with Crippen LogP contribution in [0.4, 0.5) is 10.8 Å². The molecule has 1 aromatic heterocycles. The molecule has 0 fully saturated rings. The third-order valence-corrected chi connectivity index (χ3v) is 7.30. The third-order valence-electron chi connectivity index (χ3n) is 5.30. The van der Waals surface area contributed by atoms with Gasteiger partial charge in [0.05, 0.1) is 18.5 Å². The molecule has 1 N–H and O–H groups in total. The van der Waals surface area contributed by atoms with Crippen LogP contribution in [0.1, 0.15) is 27.0 Å². The summed E-state index contributed by atoms with van der Waals surface area (Å²) < 4.78 is 26.5. The number of nitrogens with one attached hydrogen (secondary N) is 1. The number of aryl methyl sites for hydroxylation is 2. The summed E-state index contributed by atoms with van der Waals surface area (Å²) in [7, 11) is -3.51. The molecule has 0 saturated carbocycles. The highest BCUT2D eigenvalue weighted by atomic mass is 32.2. The molecule has 0 aliphatic carbocycles. The molecule has 0 aliphatic heterocycles. The third kappa shape index (κ3) is 5.32.